The molecule has 0 bridgehead atoms. The van der Waals surface area contributed by atoms with E-state index in [4.69, 9.17) is 14.8 Å². The molecule has 7 aromatic rings. The van der Waals surface area contributed by atoms with Gasteiger partial charge in [-0.15, -0.1) is 0 Å². The molecule has 0 aliphatic carbocycles. The summed E-state index contributed by atoms with van der Waals surface area (Å²) in [5.74, 6) is 2.77. The van der Waals surface area contributed by atoms with Gasteiger partial charge in [-0.3, -0.25) is 4.57 Å². The van der Waals surface area contributed by atoms with E-state index in [-0.39, 0.29) is 5.41 Å². The zero-order chi connectivity index (χ0) is 32.2. The van der Waals surface area contributed by atoms with Crippen molar-refractivity contribution in [1.82, 2.24) is 19.3 Å². The van der Waals surface area contributed by atoms with Crippen molar-refractivity contribution in [1.29, 1.82) is 0 Å². The molecule has 0 amide bonds. The minimum atomic E-state index is 0.0119. The van der Waals surface area contributed by atoms with Crippen molar-refractivity contribution in [2.75, 3.05) is 0 Å². The third-order valence-corrected chi connectivity index (χ3v) is 8.92. The first-order valence-electron chi connectivity index (χ1n) is 16.0. The van der Waals surface area contributed by atoms with E-state index in [2.05, 4.69) is 150 Å². The summed E-state index contributed by atoms with van der Waals surface area (Å²) in [6.07, 6.45) is 5.98. The third kappa shape index (κ3) is 5.36. The van der Waals surface area contributed by atoms with Gasteiger partial charge in [0, 0.05) is 40.9 Å². The van der Waals surface area contributed by atoms with Crippen LogP contribution in [0.15, 0.2) is 110 Å². The second-order valence-electron chi connectivity index (χ2n) is 13.6. The van der Waals surface area contributed by atoms with Crippen LogP contribution in [0.3, 0.4) is 0 Å². The summed E-state index contributed by atoms with van der Waals surface area (Å²) in [7, 11) is 0. The summed E-state index contributed by atoms with van der Waals surface area (Å²) in [5.41, 5.74) is 10.4. The van der Waals surface area contributed by atoms with Crippen molar-refractivity contribution in [2.45, 2.75) is 59.8 Å². The first-order valence-corrected chi connectivity index (χ1v) is 16.0. The lowest BCUT2D eigenvalue weighted by Crippen LogP contribution is -2.12. The van der Waals surface area contributed by atoms with Gasteiger partial charge in [-0.1, -0.05) is 71.0 Å². The number of aryl methyl sites for hydroxylation is 2. The van der Waals surface area contributed by atoms with Crippen LogP contribution in [0.4, 0.5) is 0 Å². The highest BCUT2D eigenvalue weighted by Crippen LogP contribution is 2.37. The zero-order valence-electron chi connectivity index (χ0n) is 27.7. The van der Waals surface area contributed by atoms with E-state index < -0.39 is 0 Å². The molecule has 0 fully saturated rings. The van der Waals surface area contributed by atoms with Crippen LogP contribution in [0.25, 0.3) is 44.4 Å². The van der Waals surface area contributed by atoms with Gasteiger partial charge >= 0.3 is 0 Å². The molecule has 0 unspecified atom stereocenters. The summed E-state index contributed by atoms with van der Waals surface area (Å²) in [5, 5.41) is 7.13. The number of aromatic nitrogens is 4. The Balaban J connectivity index is 1.31. The van der Waals surface area contributed by atoms with E-state index in [1.165, 1.54) is 33.2 Å². The Kier molecular flexibility index (Phi) is 7.28. The lowest BCUT2D eigenvalue weighted by Gasteiger charge is -2.20. The van der Waals surface area contributed by atoms with Crippen molar-refractivity contribution in [3.8, 4) is 34.1 Å². The van der Waals surface area contributed by atoms with E-state index in [9.17, 15) is 0 Å². The van der Waals surface area contributed by atoms with Gasteiger partial charge in [-0.05, 0) is 95.5 Å². The van der Waals surface area contributed by atoms with Crippen molar-refractivity contribution < 1.29 is 4.74 Å². The Labute approximate surface area is 271 Å². The van der Waals surface area contributed by atoms with E-state index in [1.54, 1.807) is 0 Å². The molecule has 5 heteroatoms. The van der Waals surface area contributed by atoms with Crippen LogP contribution >= 0.6 is 0 Å². The Morgan fingerprint density at radius 3 is 2.26 bits per heavy atom. The molecule has 0 N–H and O–H groups in total. The minimum absolute atomic E-state index is 0.0119. The highest BCUT2D eigenvalue weighted by Gasteiger charge is 2.19. The molecule has 0 radical (unpaired) electrons. The number of ether oxygens (including phenoxy) is 1. The molecule has 0 aliphatic heterocycles. The lowest BCUT2D eigenvalue weighted by atomic mass is 9.88. The van der Waals surface area contributed by atoms with Crippen molar-refractivity contribution >= 4 is 21.8 Å². The van der Waals surface area contributed by atoms with Gasteiger partial charge in [0.05, 0.1) is 22.9 Å². The largest absolute Gasteiger partial charge is 0.457 e. The normalized spacial score (nSPS) is 12.0. The van der Waals surface area contributed by atoms with Gasteiger partial charge in [0.15, 0.2) is 0 Å². The standard InChI is InChI=1S/C41H40N4O/c1-26(2)29-19-32(44-25-30(24-43-44)40-27(3)11-10-12-28(40)4)22-34(20-29)46-33-15-16-36-35-13-8-9-14-37(35)45(38(36)23-33)39-21-31(17-18-42-39)41(5,6)7/h8-26H,1-7H3. The topological polar surface area (TPSA) is 44.9 Å². The van der Waals surface area contributed by atoms with E-state index in [1.807, 2.05) is 17.1 Å². The number of nitrogens with zero attached hydrogens (tertiary/aromatic N) is 4. The summed E-state index contributed by atoms with van der Waals surface area (Å²) < 4.78 is 10.9. The summed E-state index contributed by atoms with van der Waals surface area (Å²) in [6.45, 7) is 15.4. The Hall–Kier alpha value is -5.16. The van der Waals surface area contributed by atoms with E-state index in [0.29, 0.717) is 5.92 Å². The average molecular weight is 605 g/mol. The number of pyridine rings is 1. The fourth-order valence-corrected chi connectivity index (χ4v) is 6.40. The van der Waals surface area contributed by atoms with Crippen LogP contribution in [0.2, 0.25) is 0 Å². The molecule has 0 spiro atoms. The number of para-hydroxylation sites is 1. The van der Waals surface area contributed by atoms with Crippen molar-refractivity contribution in [2.24, 2.45) is 0 Å². The molecule has 0 atom stereocenters. The third-order valence-electron chi connectivity index (χ3n) is 8.92. The van der Waals surface area contributed by atoms with Crippen LogP contribution in [0, 0.1) is 13.8 Å². The van der Waals surface area contributed by atoms with Gasteiger partial charge in [0.2, 0.25) is 0 Å². The maximum atomic E-state index is 6.66. The highest BCUT2D eigenvalue weighted by atomic mass is 16.5. The lowest BCUT2D eigenvalue weighted by molar-refractivity contribution is 0.481. The zero-order valence-corrected chi connectivity index (χ0v) is 27.7. The monoisotopic (exact) mass is 604 g/mol. The highest BCUT2D eigenvalue weighted by molar-refractivity contribution is 6.09. The Bertz CT molecular complexity index is 2210. The Morgan fingerprint density at radius 1 is 0.739 bits per heavy atom. The van der Waals surface area contributed by atoms with Gasteiger partial charge in [0.1, 0.15) is 17.3 Å². The molecule has 7 rings (SSSR count). The van der Waals surface area contributed by atoms with Crippen molar-refractivity contribution in [3.63, 3.8) is 0 Å². The minimum Gasteiger partial charge on any atom is -0.457 e. The van der Waals surface area contributed by atoms with E-state index in [0.717, 1.165) is 45.0 Å². The fourth-order valence-electron chi connectivity index (χ4n) is 6.40. The number of benzene rings is 4. The molecule has 3 aromatic heterocycles. The Morgan fingerprint density at radius 2 is 1.50 bits per heavy atom. The van der Waals surface area contributed by atoms with Gasteiger partial charge in [-0.25, -0.2) is 9.67 Å². The SMILES string of the molecule is Cc1cccc(C)c1-c1cnn(-c2cc(Oc3ccc4c5ccccc5n(-c5cc(C(C)(C)C)ccn5)c4c3)cc(C(C)C)c2)c1. The second-order valence-corrected chi connectivity index (χ2v) is 13.6. The average Bonchev–Trinajstić information content (AvgIpc) is 3.63. The quantitative estimate of drug-likeness (QED) is 0.190. The smallest absolute Gasteiger partial charge is 0.137 e. The number of fused-ring (bicyclic) bond motifs is 3. The number of rotatable bonds is 6. The van der Waals surface area contributed by atoms with Crippen LogP contribution < -0.4 is 4.74 Å². The number of hydrogen-bond donors (Lipinski definition) is 0. The molecule has 46 heavy (non-hydrogen) atoms. The molecular formula is C41H40N4O. The van der Waals surface area contributed by atoms with Crippen LogP contribution in [0.5, 0.6) is 11.5 Å². The number of hydrogen-bond acceptors (Lipinski definition) is 3. The second kappa shape index (κ2) is 11.3. The molecule has 0 saturated carbocycles. The van der Waals surface area contributed by atoms with Gasteiger partial charge < -0.3 is 4.74 Å². The van der Waals surface area contributed by atoms with Crippen LogP contribution in [0.1, 0.15) is 62.8 Å². The molecule has 230 valence electrons. The molecule has 5 nitrogen and oxygen atoms in total. The van der Waals surface area contributed by atoms with Crippen molar-refractivity contribution in [3.05, 3.63) is 132 Å². The molecule has 3 heterocycles. The summed E-state index contributed by atoms with van der Waals surface area (Å²) >= 11 is 0. The summed E-state index contributed by atoms with van der Waals surface area (Å²) in [4.78, 5) is 4.83. The van der Waals surface area contributed by atoms with Gasteiger partial charge in [0.25, 0.3) is 0 Å². The van der Waals surface area contributed by atoms with Crippen LogP contribution in [-0.4, -0.2) is 19.3 Å². The molecule has 4 aromatic carbocycles. The molecule has 0 aliphatic rings. The molecule has 0 saturated heterocycles. The molecular weight excluding hydrogens is 564 g/mol. The first-order chi connectivity index (χ1) is 22.1. The maximum absolute atomic E-state index is 6.66. The predicted octanol–water partition coefficient (Wildman–Crippen LogP) is 10.9. The maximum Gasteiger partial charge on any atom is 0.137 e. The predicted molar refractivity (Wildman–Crippen MR) is 190 cm³/mol. The van der Waals surface area contributed by atoms with Gasteiger partial charge in [-0.2, -0.15) is 5.10 Å². The summed E-state index contributed by atoms with van der Waals surface area (Å²) in [6, 6.07) is 32.0. The first kappa shape index (κ1) is 29.5. The van der Waals surface area contributed by atoms with E-state index >= 15 is 0 Å². The fraction of sp³-hybridized carbons (Fsp3) is 0.220. The van der Waals surface area contributed by atoms with Crippen LogP contribution in [-0.2, 0) is 5.41 Å².